The van der Waals surface area contributed by atoms with Crippen LogP contribution in [0.1, 0.15) is 41.8 Å². The number of carbonyl (C=O) groups is 1. The van der Waals surface area contributed by atoms with Crippen LogP contribution in [0.15, 0.2) is 0 Å². The van der Waals surface area contributed by atoms with Gasteiger partial charge in [0.2, 0.25) is 0 Å². The van der Waals surface area contributed by atoms with E-state index in [1.165, 1.54) is 7.11 Å². The summed E-state index contributed by atoms with van der Waals surface area (Å²) in [6.07, 6.45) is 0.327. The molecule has 100 valence electrons. The lowest BCUT2D eigenvalue weighted by Crippen LogP contribution is -2.08. The van der Waals surface area contributed by atoms with Crippen LogP contribution in [0.4, 0.5) is 0 Å². The molecule has 2 N–H and O–H groups in total. The van der Waals surface area contributed by atoms with E-state index in [2.05, 4.69) is 0 Å². The lowest BCUT2D eigenvalue weighted by molar-refractivity contribution is 0.0961. The topological polar surface area (TPSA) is 66.8 Å². The normalized spacial score (nSPS) is 10.8. The number of carbonyl (C=O) groups excluding carboxylic acids is 1. The first kappa shape index (κ1) is 14.4. The van der Waals surface area contributed by atoms with Gasteiger partial charge in [0.1, 0.15) is 22.8 Å². The van der Waals surface area contributed by atoms with Gasteiger partial charge >= 0.3 is 0 Å². The fraction of sp³-hybridized carbons (Fsp3) is 0.500. The number of hydrogen-bond acceptors (Lipinski definition) is 4. The molecular weight excluding hydrogens is 232 g/mol. The fourth-order valence-electron chi connectivity index (χ4n) is 1.97. The first-order valence-corrected chi connectivity index (χ1v) is 5.93. The Morgan fingerprint density at radius 1 is 1.17 bits per heavy atom. The van der Waals surface area contributed by atoms with E-state index in [4.69, 9.17) is 4.74 Å². The SMILES string of the molecule is COc1c(C)c(O)c(C)c(O)c1C(=O)CC(C)C. The lowest BCUT2D eigenvalue weighted by atomic mass is 9.95. The Bertz CT molecular complexity index is 475. The highest BCUT2D eigenvalue weighted by molar-refractivity contribution is 6.02. The van der Waals surface area contributed by atoms with Gasteiger partial charge in [0, 0.05) is 17.5 Å². The minimum atomic E-state index is -0.194. The molecule has 1 aromatic carbocycles. The third kappa shape index (κ3) is 2.42. The monoisotopic (exact) mass is 252 g/mol. The Labute approximate surface area is 107 Å². The molecule has 0 amide bonds. The van der Waals surface area contributed by atoms with Crippen LogP contribution in [0, 0.1) is 19.8 Å². The number of phenols is 2. The van der Waals surface area contributed by atoms with E-state index < -0.39 is 0 Å². The summed E-state index contributed by atoms with van der Waals surface area (Å²) in [4.78, 5) is 12.1. The van der Waals surface area contributed by atoms with Crippen LogP contribution >= 0.6 is 0 Å². The van der Waals surface area contributed by atoms with E-state index in [0.717, 1.165) is 0 Å². The van der Waals surface area contributed by atoms with E-state index in [9.17, 15) is 15.0 Å². The van der Waals surface area contributed by atoms with Crippen LogP contribution in [0.25, 0.3) is 0 Å². The molecule has 0 fully saturated rings. The van der Waals surface area contributed by atoms with Crippen molar-refractivity contribution in [2.45, 2.75) is 34.1 Å². The van der Waals surface area contributed by atoms with Crippen LogP contribution in [-0.4, -0.2) is 23.1 Å². The van der Waals surface area contributed by atoms with Gasteiger partial charge in [-0.05, 0) is 19.8 Å². The second-order valence-electron chi connectivity index (χ2n) is 4.88. The summed E-state index contributed by atoms with van der Waals surface area (Å²) in [7, 11) is 1.42. The fourth-order valence-corrected chi connectivity index (χ4v) is 1.97. The molecule has 0 saturated heterocycles. The zero-order chi connectivity index (χ0) is 14.0. The number of rotatable bonds is 4. The van der Waals surface area contributed by atoms with Gasteiger partial charge in [0.05, 0.1) is 7.11 Å². The molecule has 18 heavy (non-hydrogen) atoms. The van der Waals surface area contributed by atoms with Crippen LogP contribution in [0.2, 0.25) is 0 Å². The molecule has 0 bridgehead atoms. The molecule has 1 rings (SSSR count). The molecule has 4 nitrogen and oxygen atoms in total. The molecule has 0 radical (unpaired) electrons. The van der Waals surface area contributed by atoms with Crippen LogP contribution in [-0.2, 0) is 0 Å². The van der Waals surface area contributed by atoms with Gasteiger partial charge in [0.25, 0.3) is 0 Å². The molecule has 0 aliphatic carbocycles. The Morgan fingerprint density at radius 2 is 1.72 bits per heavy atom. The van der Waals surface area contributed by atoms with E-state index in [-0.39, 0.29) is 34.5 Å². The number of ketones is 1. The van der Waals surface area contributed by atoms with Crippen molar-refractivity contribution in [3.05, 3.63) is 16.7 Å². The first-order valence-electron chi connectivity index (χ1n) is 5.93. The largest absolute Gasteiger partial charge is 0.507 e. The number of phenolic OH excluding ortho intramolecular Hbond substituents is 2. The van der Waals surface area contributed by atoms with Crippen molar-refractivity contribution in [3.63, 3.8) is 0 Å². The third-order valence-corrected chi connectivity index (χ3v) is 2.95. The number of Topliss-reactive ketones (excluding diaryl/α,β-unsaturated/α-hetero) is 1. The minimum absolute atomic E-state index is 0.0366. The van der Waals surface area contributed by atoms with Crippen molar-refractivity contribution >= 4 is 5.78 Å². The number of ether oxygens (including phenoxy) is 1. The smallest absolute Gasteiger partial charge is 0.170 e. The average Bonchev–Trinajstić information content (AvgIpc) is 2.29. The highest BCUT2D eigenvalue weighted by Crippen LogP contribution is 2.42. The van der Waals surface area contributed by atoms with Gasteiger partial charge in [-0.3, -0.25) is 4.79 Å². The van der Waals surface area contributed by atoms with Crippen molar-refractivity contribution in [1.29, 1.82) is 0 Å². The summed E-state index contributed by atoms with van der Waals surface area (Å²) >= 11 is 0. The summed E-state index contributed by atoms with van der Waals surface area (Å²) in [6.45, 7) is 7.10. The van der Waals surface area contributed by atoms with E-state index in [1.807, 2.05) is 13.8 Å². The van der Waals surface area contributed by atoms with E-state index >= 15 is 0 Å². The third-order valence-electron chi connectivity index (χ3n) is 2.95. The molecule has 0 spiro atoms. The Morgan fingerprint density at radius 3 is 2.17 bits per heavy atom. The molecule has 0 aliphatic heterocycles. The number of aromatic hydroxyl groups is 2. The molecule has 4 heteroatoms. The van der Waals surface area contributed by atoms with Gasteiger partial charge in [0.15, 0.2) is 5.78 Å². The maximum absolute atomic E-state index is 12.1. The van der Waals surface area contributed by atoms with Gasteiger partial charge in [-0.25, -0.2) is 0 Å². The highest BCUT2D eigenvalue weighted by Gasteiger charge is 2.25. The maximum atomic E-state index is 12.1. The van der Waals surface area contributed by atoms with Crippen molar-refractivity contribution in [1.82, 2.24) is 0 Å². The highest BCUT2D eigenvalue weighted by atomic mass is 16.5. The molecule has 0 aliphatic rings. The molecule has 0 atom stereocenters. The van der Waals surface area contributed by atoms with Gasteiger partial charge < -0.3 is 14.9 Å². The summed E-state index contributed by atoms with van der Waals surface area (Å²) in [5, 5.41) is 19.9. The predicted octanol–water partition coefficient (Wildman–Crippen LogP) is 2.95. The molecule has 1 aromatic rings. The second kappa shape index (κ2) is 5.29. The number of benzene rings is 1. The Kier molecular flexibility index (Phi) is 4.22. The predicted molar refractivity (Wildman–Crippen MR) is 69.6 cm³/mol. The van der Waals surface area contributed by atoms with Crippen molar-refractivity contribution in [3.8, 4) is 17.2 Å². The summed E-state index contributed by atoms with van der Waals surface area (Å²) in [5.74, 6) is 0.0360. The van der Waals surface area contributed by atoms with E-state index in [0.29, 0.717) is 17.5 Å². The molecule has 0 unspecified atom stereocenters. The molecule has 0 heterocycles. The summed E-state index contributed by atoms with van der Waals surface area (Å²) in [5.41, 5.74) is 0.944. The minimum Gasteiger partial charge on any atom is -0.507 e. The zero-order valence-corrected chi connectivity index (χ0v) is 11.5. The van der Waals surface area contributed by atoms with Gasteiger partial charge in [-0.2, -0.15) is 0 Å². The van der Waals surface area contributed by atoms with Crippen LogP contribution in [0.3, 0.4) is 0 Å². The number of hydrogen-bond donors (Lipinski definition) is 2. The quantitative estimate of drug-likeness (QED) is 0.808. The lowest BCUT2D eigenvalue weighted by Gasteiger charge is -2.17. The first-order chi connectivity index (χ1) is 8.31. The van der Waals surface area contributed by atoms with Gasteiger partial charge in [-0.15, -0.1) is 0 Å². The van der Waals surface area contributed by atoms with Gasteiger partial charge in [-0.1, -0.05) is 13.8 Å². The maximum Gasteiger partial charge on any atom is 0.170 e. The van der Waals surface area contributed by atoms with E-state index in [1.54, 1.807) is 13.8 Å². The number of methoxy groups -OCH3 is 1. The molecular formula is C14H20O4. The molecule has 0 saturated carbocycles. The average molecular weight is 252 g/mol. The standard InChI is InChI=1S/C14H20O4/c1-7(2)6-10(15)11-13(17)8(3)12(16)9(4)14(11)18-5/h7,16-17H,6H2,1-5H3. The Balaban J connectivity index is 3.47. The zero-order valence-electron chi connectivity index (χ0n) is 11.5. The second-order valence-corrected chi connectivity index (χ2v) is 4.88. The van der Waals surface area contributed by atoms with Crippen molar-refractivity contribution in [2.75, 3.05) is 7.11 Å². The Hall–Kier alpha value is -1.71. The van der Waals surface area contributed by atoms with Crippen molar-refractivity contribution in [2.24, 2.45) is 5.92 Å². The summed E-state index contributed by atoms with van der Waals surface area (Å²) in [6, 6.07) is 0. The summed E-state index contributed by atoms with van der Waals surface area (Å²) < 4.78 is 5.15. The molecule has 0 aromatic heterocycles. The van der Waals surface area contributed by atoms with Crippen LogP contribution < -0.4 is 4.74 Å². The van der Waals surface area contributed by atoms with Crippen LogP contribution in [0.5, 0.6) is 17.2 Å². The van der Waals surface area contributed by atoms with Crippen molar-refractivity contribution < 1.29 is 19.7 Å².